The first-order valence-corrected chi connectivity index (χ1v) is 3.13. The predicted octanol–water partition coefficient (Wildman–Crippen LogP) is -3.59. The van der Waals surface area contributed by atoms with Crippen LogP contribution in [0.25, 0.3) is 0 Å². The molecule has 10 heavy (non-hydrogen) atoms. The Labute approximate surface area is 71.9 Å². The van der Waals surface area contributed by atoms with E-state index >= 15 is 0 Å². The lowest BCUT2D eigenvalue weighted by Crippen LogP contribution is -3.00. The molecule has 0 aromatic carbocycles. The van der Waals surface area contributed by atoms with Gasteiger partial charge in [0.15, 0.2) is 6.10 Å². The number of aliphatic hydroxyl groups excluding tert-OH is 1. The largest absolute Gasteiger partial charge is 1.00 e. The summed E-state index contributed by atoms with van der Waals surface area (Å²) in [4.78, 5) is 0. The number of nitrogens with zero attached hydrogens (tertiary/aromatic N) is 1. The summed E-state index contributed by atoms with van der Waals surface area (Å²) in [5.41, 5.74) is 0. The topological polar surface area (TPSA) is 32.8 Å². The molecule has 62 valence electrons. The maximum Gasteiger partial charge on any atom is 0.222 e. The minimum atomic E-state index is 0. The van der Waals surface area contributed by atoms with Crippen LogP contribution in [0.2, 0.25) is 0 Å². The van der Waals surface area contributed by atoms with Crippen molar-refractivity contribution in [3.05, 3.63) is 0 Å². The lowest BCUT2D eigenvalue weighted by molar-refractivity contribution is -0.892. The molecule has 4 heteroatoms. The van der Waals surface area contributed by atoms with Crippen LogP contribution in [0.15, 0.2) is 0 Å². The van der Waals surface area contributed by atoms with E-state index in [1.807, 2.05) is 0 Å². The number of ether oxygens (including phenoxy) is 1. The van der Waals surface area contributed by atoms with Gasteiger partial charge in [0.2, 0.25) is 6.23 Å². The van der Waals surface area contributed by atoms with E-state index in [1.54, 1.807) is 0 Å². The van der Waals surface area contributed by atoms with Crippen molar-refractivity contribution in [1.82, 2.24) is 0 Å². The fourth-order valence-electron chi connectivity index (χ4n) is 0.948. The number of quaternary nitrogens is 1. The second kappa shape index (κ2) is 3.17. The predicted molar refractivity (Wildman–Crippen MR) is 33.8 cm³/mol. The number of halogens is 1. The highest BCUT2D eigenvalue weighted by Gasteiger charge is 2.49. The summed E-state index contributed by atoms with van der Waals surface area (Å²) < 4.78 is 5.94. The third-order valence-electron chi connectivity index (χ3n) is 1.50. The Hall–Kier alpha value is 0.360. The van der Waals surface area contributed by atoms with E-state index < -0.39 is 0 Å². The molecule has 1 rings (SSSR count). The molecule has 0 aromatic rings. The van der Waals surface area contributed by atoms with Gasteiger partial charge in [-0.25, -0.2) is 0 Å². The summed E-state index contributed by atoms with van der Waals surface area (Å²) in [6.45, 7) is 0.153. The lowest BCUT2D eigenvalue weighted by Gasteiger charge is -2.20. The summed E-state index contributed by atoms with van der Waals surface area (Å²) in [6.07, 6.45) is 0.306. The van der Waals surface area contributed by atoms with Gasteiger partial charge >= 0.3 is 0 Å². The zero-order valence-corrected chi connectivity index (χ0v) is 8.13. The van der Waals surface area contributed by atoms with Crippen LogP contribution in [-0.4, -0.2) is 49.7 Å². The van der Waals surface area contributed by atoms with Crippen LogP contribution in [0.1, 0.15) is 0 Å². The Morgan fingerprint density at radius 1 is 1.40 bits per heavy atom. The van der Waals surface area contributed by atoms with Crippen LogP contribution in [0, 0.1) is 0 Å². The van der Waals surface area contributed by atoms with Crippen molar-refractivity contribution in [2.24, 2.45) is 0 Å². The van der Waals surface area contributed by atoms with E-state index in [-0.39, 0.29) is 35.9 Å². The standard InChI is InChI=1S/C6H14NO2.BrH/c1-7(2,3)6-5(4-8)9-6;/h5-6,8H,4H2,1-3H3;1H/q+1;/p-1. The van der Waals surface area contributed by atoms with Crippen LogP contribution >= 0.6 is 0 Å². The zero-order chi connectivity index (χ0) is 7.07. The van der Waals surface area contributed by atoms with E-state index in [9.17, 15) is 0 Å². The number of hydrogen-bond acceptors (Lipinski definition) is 2. The summed E-state index contributed by atoms with van der Waals surface area (Å²) in [5.74, 6) is 0. The smallest absolute Gasteiger partial charge is 0.222 e. The van der Waals surface area contributed by atoms with Gasteiger partial charge in [0, 0.05) is 0 Å². The molecular formula is C6H14BrNO2. The van der Waals surface area contributed by atoms with Gasteiger partial charge in [-0.3, -0.25) is 0 Å². The van der Waals surface area contributed by atoms with Crippen molar-refractivity contribution < 1.29 is 31.3 Å². The van der Waals surface area contributed by atoms with Gasteiger partial charge in [-0.05, 0) is 0 Å². The monoisotopic (exact) mass is 211 g/mol. The highest BCUT2D eigenvalue weighted by Crippen LogP contribution is 2.26. The third kappa shape index (κ3) is 2.20. The Morgan fingerprint density at radius 3 is 2.00 bits per heavy atom. The quantitative estimate of drug-likeness (QED) is 0.379. The van der Waals surface area contributed by atoms with Crippen molar-refractivity contribution >= 4 is 0 Å². The molecule has 2 unspecified atom stereocenters. The lowest BCUT2D eigenvalue weighted by atomic mass is 10.4. The molecule has 0 radical (unpaired) electrons. The fraction of sp³-hybridized carbons (Fsp3) is 1.00. The Kier molecular flexibility index (Phi) is 3.29. The van der Waals surface area contributed by atoms with Gasteiger partial charge in [-0.2, -0.15) is 0 Å². The van der Waals surface area contributed by atoms with Crippen molar-refractivity contribution in [2.45, 2.75) is 12.3 Å². The molecule has 2 atom stereocenters. The normalized spacial score (nSPS) is 31.2. The molecule has 0 aliphatic carbocycles. The van der Waals surface area contributed by atoms with Crippen molar-refractivity contribution in [2.75, 3.05) is 27.7 Å². The third-order valence-corrected chi connectivity index (χ3v) is 1.50. The summed E-state index contributed by atoms with van der Waals surface area (Å²) in [6, 6.07) is 0. The van der Waals surface area contributed by atoms with Crippen molar-refractivity contribution in [3.63, 3.8) is 0 Å². The van der Waals surface area contributed by atoms with Crippen LogP contribution in [0.3, 0.4) is 0 Å². The molecule has 1 aliphatic heterocycles. The van der Waals surface area contributed by atoms with Crippen LogP contribution in [0.4, 0.5) is 0 Å². The average Bonchev–Trinajstić information content (AvgIpc) is 2.39. The number of hydrogen-bond donors (Lipinski definition) is 1. The van der Waals surface area contributed by atoms with E-state index in [1.165, 1.54) is 0 Å². The average molecular weight is 212 g/mol. The van der Waals surface area contributed by atoms with Crippen LogP contribution < -0.4 is 17.0 Å². The Morgan fingerprint density at radius 2 is 1.90 bits per heavy atom. The first-order valence-electron chi connectivity index (χ1n) is 3.13. The van der Waals surface area contributed by atoms with Crippen molar-refractivity contribution in [1.29, 1.82) is 0 Å². The van der Waals surface area contributed by atoms with E-state index in [4.69, 9.17) is 9.84 Å². The molecule has 0 saturated carbocycles. The van der Waals surface area contributed by atoms with Gasteiger partial charge < -0.3 is 31.3 Å². The van der Waals surface area contributed by atoms with Crippen LogP contribution in [-0.2, 0) is 4.74 Å². The first-order chi connectivity index (χ1) is 4.05. The maximum atomic E-state index is 8.60. The molecule has 1 aliphatic rings. The molecule has 1 fully saturated rings. The number of rotatable bonds is 2. The zero-order valence-electron chi connectivity index (χ0n) is 6.54. The first kappa shape index (κ1) is 10.4. The Bertz CT molecular complexity index is 113. The maximum absolute atomic E-state index is 8.60. The SMILES string of the molecule is C[N+](C)(C)C1OC1CO.[Br-]. The van der Waals surface area contributed by atoms with Gasteiger partial charge in [0.25, 0.3) is 0 Å². The summed E-state index contributed by atoms with van der Waals surface area (Å²) in [7, 11) is 6.17. The molecule has 1 saturated heterocycles. The summed E-state index contributed by atoms with van der Waals surface area (Å²) in [5, 5.41) is 8.60. The number of aliphatic hydroxyl groups is 1. The van der Waals surface area contributed by atoms with Crippen molar-refractivity contribution in [3.8, 4) is 0 Å². The second-order valence-corrected chi connectivity index (χ2v) is 3.36. The second-order valence-electron chi connectivity index (χ2n) is 3.36. The molecule has 0 amide bonds. The molecule has 0 aromatic heterocycles. The van der Waals surface area contributed by atoms with E-state index in [2.05, 4.69) is 21.1 Å². The Balaban J connectivity index is 0.000000810. The summed E-state index contributed by atoms with van der Waals surface area (Å²) >= 11 is 0. The molecule has 0 bridgehead atoms. The molecule has 1 N–H and O–H groups in total. The van der Waals surface area contributed by atoms with Gasteiger partial charge in [0.1, 0.15) is 0 Å². The van der Waals surface area contributed by atoms with E-state index in [0.29, 0.717) is 0 Å². The minimum absolute atomic E-state index is 0. The highest BCUT2D eigenvalue weighted by atomic mass is 79.9. The molecule has 3 nitrogen and oxygen atoms in total. The number of likely N-dealkylation sites (N-methyl/N-ethyl adjacent to an activating group) is 1. The minimum Gasteiger partial charge on any atom is -1.00 e. The van der Waals surface area contributed by atoms with Gasteiger partial charge in [-0.1, -0.05) is 0 Å². The molecule has 0 spiro atoms. The fourth-order valence-corrected chi connectivity index (χ4v) is 0.948. The number of epoxide rings is 1. The van der Waals surface area contributed by atoms with Crippen LogP contribution in [0.5, 0.6) is 0 Å². The van der Waals surface area contributed by atoms with Gasteiger partial charge in [-0.15, -0.1) is 0 Å². The highest BCUT2D eigenvalue weighted by molar-refractivity contribution is 4.74. The van der Waals surface area contributed by atoms with Gasteiger partial charge in [0.05, 0.1) is 27.7 Å². The molecule has 1 heterocycles. The van der Waals surface area contributed by atoms with E-state index in [0.717, 1.165) is 4.48 Å². The molecular weight excluding hydrogens is 198 g/mol.